The Hall–Kier alpha value is -3.26. The lowest BCUT2D eigenvalue weighted by molar-refractivity contribution is -0.142. The minimum Gasteiger partial charge on any atom is -0.496 e. The third-order valence-corrected chi connectivity index (χ3v) is 6.07. The molecule has 2 aromatic rings. The van der Waals surface area contributed by atoms with Crippen molar-refractivity contribution in [2.45, 2.75) is 31.1 Å². The van der Waals surface area contributed by atoms with Gasteiger partial charge in [0.1, 0.15) is 5.75 Å². The first kappa shape index (κ1) is 24.4. The predicted octanol–water partition coefficient (Wildman–Crippen LogP) is 2.21. The van der Waals surface area contributed by atoms with Gasteiger partial charge in [0, 0.05) is 70.6 Å². The molecule has 1 aliphatic rings. The van der Waals surface area contributed by atoms with Crippen LogP contribution in [-0.4, -0.2) is 73.5 Å². The van der Waals surface area contributed by atoms with Gasteiger partial charge >= 0.3 is 0 Å². The van der Waals surface area contributed by atoms with E-state index in [2.05, 4.69) is 4.98 Å². The summed E-state index contributed by atoms with van der Waals surface area (Å²) >= 11 is 0. The van der Waals surface area contributed by atoms with E-state index in [0.717, 1.165) is 5.69 Å². The zero-order valence-corrected chi connectivity index (χ0v) is 19.5. The predicted molar refractivity (Wildman–Crippen MR) is 123 cm³/mol. The molecule has 2 heterocycles. The maximum atomic E-state index is 13.7. The fourth-order valence-corrected chi connectivity index (χ4v) is 4.22. The number of carbonyl (C=O) groups is 3. The highest BCUT2D eigenvalue weighted by atomic mass is 16.5. The van der Waals surface area contributed by atoms with Crippen LogP contribution in [0.4, 0.5) is 0 Å². The van der Waals surface area contributed by atoms with Gasteiger partial charge in [-0.15, -0.1) is 0 Å². The van der Waals surface area contributed by atoms with Gasteiger partial charge in [-0.2, -0.15) is 0 Å². The van der Waals surface area contributed by atoms with E-state index >= 15 is 0 Å². The lowest BCUT2D eigenvalue weighted by Crippen LogP contribution is -2.43. The molecule has 1 aromatic heterocycles. The van der Waals surface area contributed by atoms with Crippen molar-refractivity contribution in [2.75, 3.05) is 41.0 Å². The summed E-state index contributed by atoms with van der Waals surface area (Å²) < 4.78 is 10.6. The Bertz CT molecular complexity index is 981. The van der Waals surface area contributed by atoms with Crippen LogP contribution in [0.25, 0.3) is 0 Å². The molecule has 8 heteroatoms. The van der Waals surface area contributed by atoms with Crippen LogP contribution in [0.15, 0.2) is 48.7 Å². The summed E-state index contributed by atoms with van der Waals surface area (Å²) in [6.07, 6.45) is 2.67. The van der Waals surface area contributed by atoms with E-state index in [1.807, 2.05) is 18.2 Å². The SMILES string of the molecule is COCCCN1C(=O)C[C@@](CC(=O)N(C)CCc2ccccn2)(c2ccccc2OC)C1=O. The van der Waals surface area contributed by atoms with Crippen LogP contribution in [-0.2, 0) is 31.0 Å². The number of carbonyl (C=O) groups excluding carboxylic acids is 3. The highest BCUT2D eigenvalue weighted by molar-refractivity contribution is 6.11. The van der Waals surface area contributed by atoms with Crippen molar-refractivity contribution < 1.29 is 23.9 Å². The molecule has 3 rings (SSSR count). The van der Waals surface area contributed by atoms with Crippen LogP contribution in [0, 0.1) is 0 Å². The quantitative estimate of drug-likeness (QED) is 0.383. The molecule has 0 unspecified atom stereocenters. The van der Waals surface area contributed by atoms with E-state index in [-0.39, 0.29) is 37.1 Å². The second-order valence-electron chi connectivity index (χ2n) is 8.22. The standard InChI is InChI=1S/C25H31N3O5/c1-27(15-12-19-9-6-7-13-26-19)22(29)17-25(20-10-4-5-11-21(20)33-3)18-23(30)28(24(25)31)14-8-16-32-2/h4-7,9-11,13H,8,12,14-18H2,1-3H3/t25-/m0/s1. The number of hydrogen-bond acceptors (Lipinski definition) is 6. The van der Waals surface area contributed by atoms with Crippen LogP contribution in [0.1, 0.15) is 30.5 Å². The summed E-state index contributed by atoms with van der Waals surface area (Å²) in [7, 11) is 4.80. The summed E-state index contributed by atoms with van der Waals surface area (Å²) in [6.45, 7) is 1.15. The number of methoxy groups -OCH3 is 2. The molecule has 1 fully saturated rings. The molecule has 1 saturated heterocycles. The van der Waals surface area contributed by atoms with Crippen LogP contribution < -0.4 is 4.74 Å². The summed E-state index contributed by atoms with van der Waals surface area (Å²) in [5.74, 6) is -0.372. The number of hydrogen-bond donors (Lipinski definition) is 0. The second-order valence-corrected chi connectivity index (χ2v) is 8.22. The molecular formula is C25H31N3O5. The maximum absolute atomic E-state index is 13.7. The Morgan fingerprint density at radius 2 is 1.91 bits per heavy atom. The Morgan fingerprint density at radius 3 is 2.61 bits per heavy atom. The number of rotatable bonds is 11. The highest BCUT2D eigenvalue weighted by Gasteiger charge is 2.54. The zero-order chi connectivity index (χ0) is 23.8. The van der Waals surface area contributed by atoms with Gasteiger partial charge in [-0.3, -0.25) is 24.3 Å². The highest BCUT2D eigenvalue weighted by Crippen LogP contribution is 2.44. The van der Waals surface area contributed by atoms with Gasteiger partial charge < -0.3 is 14.4 Å². The number of para-hydroxylation sites is 1. The Balaban J connectivity index is 1.86. The van der Waals surface area contributed by atoms with Crippen LogP contribution in [0.2, 0.25) is 0 Å². The van der Waals surface area contributed by atoms with Gasteiger partial charge in [0.15, 0.2) is 0 Å². The molecule has 0 radical (unpaired) electrons. The lowest BCUT2D eigenvalue weighted by atomic mass is 9.75. The molecule has 1 aromatic carbocycles. The minimum absolute atomic E-state index is 0.0704. The van der Waals surface area contributed by atoms with Gasteiger partial charge in [-0.05, 0) is 24.6 Å². The average molecular weight is 454 g/mol. The van der Waals surface area contributed by atoms with E-state index in [4.69, 9.17) is 9.47 Å². The third-order valence-electron chi connectivity index (χ3n) is 6.07. The normalized spacial score (nSPS) is 18.0. The number of aromatic nitrogens is 1. The molecule has 1 atom stereocenters. The Morgan fingerprint density at radius 1 is 1.15 bits per heavy atom. The minimum atomic E-state index is -1.30. The molecule has 1 aliphatic heterocycles. The Kier molecular flexibility index (Phi) is 8.16. The summed E-state index contributed by atoms with van der Waals surface area (Å²) in [5.41, 5.74) is 0.146. The molecular weight excluding hydrogens is 422 g/mol. The van der Waals surface area contributed by atoms with Crippen LogP contribution in [0.5, 0.6) is 5.75 Å². The monoisotopic (exact) mass is 453 g/mol. The van der Waals surface area contributed by atoms with E-state index in [1.165, 1.54) is 12.0 Å². The van der Waals surface area contributed by atoms with Crippen molar-refractivity contribution >= 4 is 17.7 Å². The van der Waals surface area contributed by atoms with E-state index in [0.29, 0.717) is 37.3 Å². The van der Waals surface area contributed by atoms with E-state index in [9.17, 15) is 14.4 Å². The Labute approximate surface area is 194 Å². The smallest absolute Gasteiger partial charge is 0.241 e. The van der Waals surface area contributed by atoms with Crippen molar-refractivity contribution in [1.82, 2.24) is 14.8 Å². The number of pyridine rings is 1. The van der Waals surface area contributed by atoms with Gasteiger partial charge in [-0.25, -0.2) is 0 Å². The number of likely N-dealkylation sites (tertiary alicyclic amines) is 1. The van der Waals surface area contributed by atoms with Crippen LogP contribution >= 0.6 is 0 Å². The number of ether oxygens (including phenoxy) is 2. The molecule has 176 valence electrons. The van der Waals surface area contributed by atoms with Crippen molar-refractivity contribution in [2.24, 2.45) is 0 Å². The fourth-order valence-electron chi connectivity index (χ4n) is 4.22. The number of likely N-dealkylation sites (N-methyl/N-ethyl adjacent to an activating group) is 1. The number of benzene rings is 1. The first-order chi connectivity index (χ1) is 15.9. The van der Waals surface area contributed by atoms with Gasteiger partial charge in [0.25, 0.3) is 0 Å². The topological polar surface area (TPSA) is 89.0 Å². The van der Waals surface area contributed by atoms with E-state index < -0.39 is 5.41 Å². The molecule has 0 aliphatic carbocycles. The molecule has 33 heavy (non-hydrogen) atoms. The third kappa shape index (κ3) is 5.39. The average Bonchev–Trinajstić information content (AvgIpc) is 3.07. The molecule has 0 bridgehead atoms. The van der Waals surface area contributed by atoms with Crippen molar-refractivity contribution in [3.8, 4) is 5.75 Å². The van der Waals surface area contributed by atoms with Gasteiger partial charge in [0.05, 0.1) is 12.5 Å². The van der Waals surface area contributed by atoms with Gasteiger partial charge in [0.2, 0.25) is 17.7 Å². The fraction of sp³-hybridized carbons (Fsp3) is 0.440. The maximum Gasteiger partial charge on any atom is 0.241 e. The second kappa shape index (κ2) is 11.0. The number of amides is 3. The van der Waals surface area contributed by atoms with Crippen molar-refractivity contribution in [3.63, 3.8) is 0 Å². The lowest BCUT2D eigenvalue weighted by Gasteiger charge is -2.30. The summed E-state index contributed by atoms with van der Waals surface area (Å²) in [5, 5.41) is 0. The molecule has 8 nitrogen and oxygen atoms in total. The van der Waals surface area contributed by atoms with Gasteiger partial charge in [-0.1, -0.05) is 24.3 Å². The van der Waals surface area contributed by atoms with Crippen molar-refractivity contribution in [3.05, 3.63) is 59.9 Å². The molecule has 0 spiro atoms. The molecule has 0 N–H and O–H groups in total. The van der Waals surface area contributed by atoms with E-state index in [1.54, 1.807) is 49.5 Å². The van der Waals surface area contributed by atoms with Crippen molar-refractivity contribution in [1.29, 1.82) is 0 Å². The first-order valence-electron chi connectivity index (χ1n) is 11.0. The first-order valence-corrected chi connectivity index (χ1v) is 11.0. The number of nitrogens with zero attached hydrogens (tertiary/aromatic N) is 3. The molecule has 3 amide bonds. The molecule has 0 saturated carbocycles. The number of imide groups is 1. The summed E-state index contributed by atoms with van der Waals surface area (Å²) in [6, 6.07) is 12.8. The zero-order valence-electron chi connectivity index (χ0n) is 19.5. The van der Waals surface area contributed by atoms with Crippen LogP contribution in [0.3, 0.4) is 0 Å². The largest absolute Gasteiger partial charge is 0.496 e. The summed E-state index contributed by atoms with van der Waals surface area (Å²) in [4.78, 5) is 47.0.